The summed E-state index contributed by atoms with van der Waals surface area (Å²) in [5, 5.41) is 6.11. The zero-order valence-electron chi connectivity index (χ0n) is 11.6. The van der Waals surface area contributed by atoms with E-state index in [0.29, 0.717) is 0 Å². The van der Waals surface area contributed by atoms with Gasteiger partial charge in [-0.05, 0) is 41.2 Å². The van der Waals surface area contributed by atoms with Crippen LogP contribution in [0.15, 0.2) is 17.5 Å². The van der Waals surface area contributed by atoms with E-state index in [1.165, 1.54) is 22.7 Å². The number of aromatic nitrogens is 2. The van der Waals surface area contributed by atoms with Crippen molar-refractivity contribution in [3.8, 4) is 11.5 Å². The number of hydrogen-bond acceptors (Lipinski definition) is 6. The molecule has 1 aliphatic rings. The quantitative estimate of drug-likeness (QED) is 0.863. The van der Waals surface area contributed by atoms with Crippen molar-refractivity contribution in [1.29, 1.82) is 0 Å². The van der Waals surface area contributed by atoms with Crippen molar-refractivity contribution in [2.75, 3.05) is 20.8 Å². The molecule has 3 rings (SSSR count). The fourth-order valence-electron chi connectivity index (χ4n) is 2.56. The van der Waals surface area contributed by atoms with E-state index in [-0.39, 0.29) is 0 Å². The topological polar surface area (TPSA) is 47.5 Å². The van der Waals surface area contributed by atoms with Crippen molar-refractivity contribution in [3.05, 3.63) is 34.3 Å². The molecule has 1 aromatic heterocycles. The third-order valence-corrected chi connectivity index (χ3v) is 4.14. The summed E-state index contributed by atoms with van der Waals surface area (Å²) >= 11 is 1.40. The minimum atomic E-state index is 0.795. The van der Waals surface area contributed by atoms with Gasteiger partial charge in [0.15, 0.2) is 11.5 Å². The van der Waals surface area contributed by atoms with Crippen LogP contribution >= 0.6 is 11.5 Å². The summed E-state index contributed by atoms with van der Waals surface area (Å²) in [6.07, 6.45) is 1.02. The monoisotopic (exact) mass is 291 g/mol. The van der Waals surface area contributed by atoms with E-state index in [9.17, 15) is 0 Å². The van der Waals surface area contributed by atoms with Gasteiger partial charge < -0.3 is 9.47 Å². The number of methoxy groups -OCH3 is 2. The number of hydrogen-bond donors (Lipinski definition) is 0. The van der Waals surface area contributed by atoms with Gasteiger partial charge in [-0.25, -0.2) is 0 Å². The first-order chi connectivity index (χ1) is 9.80. The smallest absolute Gasteiger partial charge is 0.161 e. The lowest BCUT2D eigenvalue weighted by Crippen LogP contribution is -2.30. The largest absolute Gasteiger partial charge is 0.493 e. The van der Waals surface area contributed by atoms with Crippen LogP contribution in [0.4, 0.5) is 0 Å². The highest BCUT2D eigenvalue weighted by Crippen LogP contribution is 2.33. The van der Waals surface area contributed by atoms with Crippen LogP contribution in [0.3, 0.4) is 0 Å². The SMILES string of the molecule is COc1cc2c(cc1OC)CN(Cc1csnn1)CC2. The molecule has 0 saturated carbocycles. The van der Waals surface area contributed by atoms with Gasteiger partial charge in [0.25, 0.3) is 0 Å². The lowest BCUT2D eigenvalue weighted by molar-refractivity contribution is 0.241. The number of fused-ring (bicyclic) bond motifs is 1. The summed E-state index contributed by atoms with van der Waals surface area (Å²) in [7, 11) is 3.35. The minimum Gasteiger partial charge on any atom is -0.493 e. The second kappa shape index (κ2) is 5.76. The highest BCUT2D eigenvalue weighted by Gasteiger charge is 2.20. The fourth-order valence-corrected chi connectivity index (χ4v) is 3.00. The molecule has 0 spiro atoms. The molecule has 106 valence electrons. The van der Waals surface area contributed by atoms with Crippen molar-refractivity contribution in [3.63, 3.8) is 0 Å². The van der Waals surface area contributed by atoms with Crippen molar-refractivity contribution >= 4 is 11.5 Å². The molecule has 0 atom stereocenters. The molecule has 0 N–H and O–H groups in total. The second-order valence-corrected chi connectivity index (χ2v) is 5.44. The maximum atomic E-state index is 5.38. The Balaban J connectivity index is 1.80. The summed E-state index contributed by atoms with van der Waals surface area (Å²) in [5.41, 5.74) is 3.69. The maximum absolute atomic E-state index is 5.38. The molecule has 6 heteroatoms. The molecule has 1 aliphatic heterocycles. The lowest BCUT2D eigenvalue weighted by Gasteiger charge is -2.28. The van der Waals surface area contributed by atoms with E-state index in [1.54, 1.807) is 14.2 Å². The first kappa shape index (κ1) is 13.3. The van der Waals surface area contributed by atoms with Crippen LogP contribution < -0.4 is 9.47 Å². The van der Waals surface area contributed by atoms with Crippen molar-refractivity contribution < 1.29 is 9.47 Å². The average molecular weight is 291 g/mol. The van der Waals surface area contributed by atoms with Gasteiger partial charge in [-0.2, -0.15) is 0 Å². The summed E-state index contributed by atoms with van der Waals surface area (Å²) in [6.45, 7) is 2.79. The van der Waals surface area contributed by atoms with Gasteiger partial charge in [-0.1, -0.05) is 4.49 Å². The first-order valence-corrected chi connectivity index (χ1v) is 7.36. The molecule has 0 radical (unpaired) electrons. The normalized spacial score (nSPS) is 14.9. The number of nitrogens with zero attached hydrogens (tertiary/aromatic N) is 3. The average Bonchev–Trinajstić information content (AvgIpc) is 2.98. The summed E-state index contributed by atoms with van der Waals surface area (Å²) in [6, 6.07) is 4.18. The molecule has 1 aromatic carbocycles. The van der Waals surface area contributed by atoms with Gasteiger partial charge >= 0.3 is 0 Å². The lowest BCUT2D eigenvalue weighted by atomic mass is 9.98. The van der Waals surface area contributed by atoms with E-state index in [1.807, 2.05) is 5.38 Å². The Labute approximate surface area is 122 Å². The van der Waals surface area contributed by atoms with Gasteiger partial charge in [-0.15, -0.1) is 5.10 Å². The highest BCUT2D eigenvalue weighted by atomic mass is 32.1. The van der Waals surface area contributed by atoms with Crippen molar-refractivity contribution in [2.24, 2.45) is 0 Å². The number of ether oxygens (including phenoxy) is 2. The zero-order valence-corrected chi connectivity index (χ0v) is 12.4. The van der Waals surface area contributed by atoms with Crippen LogP contribution in [0.25, 0.3) is 0 Å². The maximum Gasteiger partial charge on any atom is 0.161 e. The van der Waals surface area contributed by atoms with Crippen LogP contribution in [0, 0.1) is 0 Å². The number of rotatable bonds is 4. The summed E-state index contributed by atoms with van der Waals surface area (Å²) < 4.78 is 14.6. The zero-order chi connectivity index (χ0) is 13.9. The minimum absolute atomic E-state index is 0.795. The Morgan fingerprint density at radius 2 is 1.95 bits per heavy atom. The predicted octanol–water partition coefficient (Wildman–Crippen LogP) is 2.11. The van der Waals surface area contributed by atoms with E-state index < -0.39 is 0 Å². The van der Waals surface area contributed by atoms with Crippen LogP contribution in [0.1, 0.15) is 16.8 Å². The Kier molecular flexibility index (Phi) is 3.84. The third kappa shape index (κ3) is 2.62. The van der Waals surface area contributed by atoms with Crippen molar-refractivity contribution in [2.45, 2.75) is 19.5 Å². The molecule has 5 nitrogen and oxygen atoms in total. The molecular weight excluding hydrogens is 274 g/mol. The Bertz CT molecular complexity index is 586. The molecule has 20 heavy (non-hydrogen) atoms. The second-order valence-electron chi connectivity index (χ2n) is 4.83. The molecule has 0 fully saturated rings. The van der Waals surface area contributed by atoms with E-state index in [4.69, 9.17) is 9.47 Å². The predicted molar refractivity (Wildman–Crippen MR) is 77.3 cm³/mol. The fraction of sp³-hybridized carbons (Fsp3) is 0.429. The standard InChI is InChI=1S/C14H17N3O2S/c1-18-13-5-10-3-4-17(8-12-9-20-16-15-12)7-11(10)6-14(13)19-2/h5-6,9H,3-4,7-8H2,1-2H3. The van der Waals surface area contributed by atoms with Crippen LogP contribution in [0.2, 0.25) is 0 Å². The van der Waals surface area contributed by atoms with Crippen LogP contribution in [-0.2, 0) is 19.5 Å². The molecule has 0 bridgehead atoms. The van der Waals surface area contributed by atoms with Gasteiger partial charge in [0, 0.05) is 25.0 Å². The molecule has 0 saturated heterocycles. The Morgan fingerprint density at radius 1 is 1.20 bits per heavy atom. The van der Waals surface area contributed by atoms with E-state index >= 15 is 0 Å². The number of benzene rings is 1. The van der Waals surface area contributed by atoms with Crippen molar-refractivity contribution in [1.82, 2.24) is 14.5 Å². The molecular formula is C14H17N3O2S. The molecule has 0 unspecified atom stereocenters. The molecule has 2 heterocycles. The van der Waals surface area contributed by atoms with Gasteiger partial charge in [0.05, 0.1) is 19.9 Å². The van der Waals surface area contributed by atoms with Gasteiger partial charge in [0.2, 0.25) is 0 Å². The highest BCUT2D eigenvalue weighted by molar-refractivity contribution is 7.03. The third-order valence-electron chi connectivity index (χ3n) is 3.59. The Hall–Kier alpha value is -1.66. The van der Waals surface area contributed by atoms with Gasteiger partial charge in [-0.3, -0.25) is 4.90 Å². The Morgan fingerprint density at radius 3 is 2.60 bits per heavy atom. The van der Waals surface area contributed by atoms with Crippen LogP contribution in [-0.4, -0.2) is 35.3 Å². The van der Waals surface area contributed by atoms with Crippen LogP contribution in [0.5, 0.6) is 11.5 Å². The summed E-state index contributed by atoms with van der Waals surface area (Å²) in [4.78, 5) is 2.38. The molecule has 0 amide bonds. The van der Waals surface area contributed by atoms with Gasteiger partial charge in [0.1, 0.15) is 0 Å². The summed E-state index contributed by atoms with van der Waals surface area (Å²) in [5.74, 6) is 1.60. The van der Waals surface area contributed by atoms with E-state index in [2.05, 4.69) is 26.6 Å². The first-order valence-electron chi connectivity index (χ1n) is 6.52. The molecule has 2 aromatic rings. The molecule has 0 aliphatic carbocycles. The van der Waals surface area contributed by atoms with E-state index in [0.717, 1.165) is 43.2 Å².